The third kappa shape index (κ3) is 3.05. The Hall–Kier alpha value is -2.26. The van der Waals surface area contributed by atoms with Crippen molar-refractivity contribution >= 4 is 33.9 Å². The van der Waals surface area contributed by atoms with Crippen LogP contribution in [0.2, 0.25) is 5.02 Å². The van der Waals surface area contributed by atoms with Crippen LogP contribution in [0.25, 0.3) is 10.9 Å². The van der Waals surface area contributed by atoms with Gasteiger partial charge in [0.1, 0.15) is 0 Å². The van der Waals surface area contributed by atoms with E-state index in [2.05, 4.69) is 52.9 Å². The van der Waals surface area contributed by atoms with Gasteiger partial charge in [-0.3, -0.25) is 4.98 Å². The van der Waals surface area contributed by atoms with E-state index in [1.165, 1.54) is 27.9 Å². The second kappa shape index (κ2) is 6.57. The Morgan fingerprint density at radius 3 is 2.24 bits per heavy atom. The lowest BCUT2D eigenvalue weighted by atomic mass is 10.1. The highest BCUT2D eigenvalue weighted by atomic mass is 35.5. The highest BCUT2D eigenvalue weighted by Crippen LogP contribution is 2.30. The molecule has 0 bridgehead atoms. The van der Waals surface area contributed by atoms with E-state index in [1.807, 2.05) is 24.4 Å². The van der Waals surface area contributed by atoms with Gasteiger partial charge in [0.05, 0.1) is 11.2 Å². The molecule has 0 N–H and O–H groups in total. The van der Waals surface area contributed by atoms with Crippen molar-refractivity contribution in [1.82, 2.24) is 4.98 Å². The average Bonchev–Trinajstić information content (AvgIpc) is 2.63. The van der Waals surface area contributed by atoms with E-state index in [0.29, 0.717) is 0 Å². The summed E-state index contributed by atoms with van der Waals surface area (Å²) in [5.74, 6) is 0. The van der Waals surface area contributed by atoms with E-state index in [0.717, 1.165) is 36.7 Å². The van der Waals surface area contributed by atoms with Gasteiger partial charge in [0, 0.05) is 48.5 Å². The molecule has 0 atom stereocenters. The van der Waals surface area contributed by atoms with Gasteiger partial charge >= 0.3 is 0 Å². The zero-order valence-corrected chi connectivity index (χ0v) is 15.4. The van der Waals surface area contributed by atoms with Crippen LogP contribution in [0.1, 0.15) is 11.1 Å². The molecule has 3 aromatic rings. The maximum atomic E-state index is 6.09. The van der Waals surface area contributed by atoms with Crippen molar-refractivity contribution in [3.05, 3.63) is 64.8 Å². The van der Waals surface area contributed by atoms with Crippen LogP contribution in [-0.4, -0.2) is 31.2 Å². The number of aryl methyl sites for hydroxylation is 2. The second-order valence-electron chi connectivity index (χ2n) is 6.71. The molecular weight excluding hydrogens is 330 g/mol. The van der Waals surface area contributed by atoms with Crippen molar-refractivity contribution in [2.75, 3.05) is 36.0 Å². The van der Waals surface area contributed by atoms with Crippen LogP contribution >= 0.6 is 11.6 Å². The summed E-state index contributed by atoms with van der Waals surface area (Å²) >= 11 is 6.09. The Kier molecular flexibility index (Phi) is 4.26. The van der Waals surface area contributed by atoms with Crippen LogP contribution in [-0.2, 0) is 0 Å². The summed E-state index contributed by atoms with van der Waals surface area (Å²) in [6, 6.07) is 14.8. The summed E-state index contributed by atoms with van der Waals surface area (Å²) in [4.78, 5) is 9.55. The average molecular weight is 352 g/mol. The largest absolute Gasteiger partial charge is 0.368 e. The van der Waals surface area contributed by atoms with Crippen LogP contribution in [0.5, 0.6) is 0 Å². The molecule has 0 saturated carbocycles. The number of fused-ring (bicyclic) bond motifs is 1. The third-order valence-electron chi connectivity index (χ3n) is 5.09. The molecule has 1 fully saturated rings. The van der Waals surface area contributed by atoms with Crippen LogP contribution < -0.4 is 9.80 Å². The standard InChI is InChI=1S/C21H22ClN3/c1-15-5-7-20(21-18(15)4-3-9-23-21)25-12-10-24(11-13-25)19-8-6-17(22)14-16(19)2/h3-9,14H,10-13H2,1-2H3. The van der Waals surface area contributed by atoms with Crippen molar-refractivity contribution in [2.24, 2.45) is 0 Å². The second-order valence-corrected chi connectivity index (χ2v) is 7.14. The van der Waals surface area contributed by atoms with Gasteiger partial charge in [-0.15, -0.1) is 0 Å². The zero-order chi connectivity index (χ0) is 17.4. The van der Waals surface area contributed by atoms with Crippen LogP contribution in [0.4, 0.5) is 11.4 Å². The van der Waals surface area contributed by atoms with E-state index in [1.54, 1.807) is 0 Å². The van der Waals surface area contributed by atoms with Gasteiger partial charge in [-0.25, -0.2) is 0 Å². The number of anilines is 2. The topological polar surface area (TPSA) is 19.4 Å². The minimum atomic E-state index is 0.803. The van der Waals surface area contributed by atoms with E-state index in [-0.39, 0.29) is 0 Å². The smallest absolute Gasteiger partial charge is 0.0937 e. The molecule has 1 saturated heterocycles. The molecule has 2 heterocycles. The molecule has 4 rings (SSSR count). The lowest BCUT2D eigenvalue weighted by molar-refractivity contribution is 0.653. The fraction of sp³-hybridized carbons (Fsp3) is 0.286. The number of pyridine rings is 1. The van der Waals surface area contributed by atoms with E-state index in [4.69, 9.17) is 11.6 Å². The van der Waals surface area contributed by atoms with Crippen molar-refractivity contribution < 1.29 is 0 Å². The summed E-state index contributed by atoms with van der Waals surface area (Å²) in [6.45, 7) is 8.28. The molecule has 2 aromatic carbocycles. The monoisotopic (exact) mass is 351 g/mol. The van der Waals surface area contributed by atoms with Crippen molar-refractivity contribution in [3.8, 4) is 0 Å². The molecule has 1 aliphatic heterocycles. The number of piperazine rings is 1. The Morgan fingerprint density at radius 2 is 1.52 bits per heavy atom. The molecule has 1 aliphatic rings. The zero-order valence-electron chi connectivity index (χ0n) is 14.7. The molecular formula is C21H22ClN3. The molecule has 0 radical (unpaired) electrons. The summed E-state index contributed by atoms with van der Waals surface area (Å²) in [6.07, 6.45) is 1.89. The maximum Gasteiger partial charge on any atom is 0.0937 e. The molecule has 3 nitrogen and oxygen atoms in total. The predicted octanol–water partition coefficient (Wildman–Crippen LogP) is 4.83. The van der Waals surface area contributed by atoms with Crippen LogP contribution in [0, 0.1) is 13.8 Å². The van der Waals surface area contributed by atoms with Gasteiger partial charge in [0.25, 0.3) is 0 Å². The molecule has 0 amide bonds. The highest BCUT2D eigenvalue weighted by Gasteiger charge is 2.20. The Morgan fingerprint density at radius 1 is 0.840 bits per heavy atom. The molecule has 1 aromatic heterocycles. The van der Waals surface area contributed by atoms with Gasteiger partial charge in [-0.05, 0) is 55.3 Å². The van der Waals surface area contributed by atoms with Gasteiger partial charge in [0.15, 0.2) is 0 Å². The van der Waals surface area contributed by atoms with Gasteiger partial charge in [-0.1, -0.05) is 23.7 Å². The summed E-state index contributed by atoms with van der Waals surface area (Å²) in [5, 5.41) is 2.05. The van der Waals surface area contributed by atoms with Crippen molar-refractivity contribution in [3.63, 3.8) is 0 Å². The van der Waals surface area contributed by atoms with Crippen molar-refractivity contribution in [2.45, 2.75) is 13.8 Å². The summed E-state index contributed by atoms with van der Waals surface area (Å²) < 4.78 is 0. The SMILES string of the molecule is Cc1cc(Cl)ccc1N1CCN(c2ccc(C)c3cccnc23)CC1. The number of aromatic nitrogens is 1. The Labute approximate surface area is 153 Å². The molecule has 0 aliphatic carbocycles. The minimum absolute atomic E-state index is 0.803. The van der Waals surface area contributed by atoms with Gasteiger partial charge in [0.2, 0.25) is 0 Å². The molecule has 0 spiro atoms. The quantitative estimate of drug-likeness (QED) is 0.659. The highest BCUT2D eigenvalue weighted by molar-refractivity contribution is 6.30. The molecule has 0 unspecified atom stereocenters. The van der Waals surface area contributed by atoms with E-state index in [9.17, 15) is 0 Å². The van der Waals surface area contributed by atoms with Gasteiger partial charge in [-0.2, -0.15) is 0 Å². The number of rotatable bonds is 2. The maximum absolute atomic E-state index is 6.09. The predicted molar refractivity (Wildman–Crippen MR) is 107 cm³/mol. The number of hydrogen-bond donors (Lipinski definition) is 0. The Balaban J connectivity index is 1.57. The summed E-state index contributed by atoms with van der Waals surface area (Å²) in [7, 11) is 0. The minimum Gasteiger partial charge on any atom is -0.368 e. The summed E-state index contributed by atoms with van der Waals surface area (Å²) in [5.41, 5.74) is 6.16. The molecule has 25 heavy (non-hydrogen) atoms. The fourth-order valence-electron chi connectivity index (χ4n) is 3.72. The molecule has 4 heteroatoms. The van der Waals surface area contributed by atoms with E-state index < -0.39 is 0 Å². The van der Waals surface area contributed by atoms with E-state index >= 15 is 0 Å². The normalized spacial score (nSPS) is 15.0. The van der Waals surface area contributed by atoms with Crippen molar-refractivity contribution in [1.29, 1.82) is 0 Å². The third-order valence-corrected chi connectivity index (χ3v) is 5.32. The van der Waals surface area contributed by atoms with Gasteiger partial charge < -0.3 is 9.80 Å². The lowest BCUT2D eigenvalue weighted by Gasteiger charge is -2.38. The van der Waals surface area contributed by atoms with Crippen LogP contribution in [0.3, 0.4) is 0 Å². The lowest BCUT2D eigenvalue weighted by Crippen LogP contribution is -2.46. The first-order valence-electron chi connectivity index (χ1n) is 8.74. The van der Waals surface area contributed by atoms with Crippen LogP contribution in [0.15, 0.2) is 48.7 Å². The molecule has 128 valence electrons. The first-order chi connectivity index (χ1) is 12.1. The first kappa shape index (κ1) is 16.2. The fourth-order valence-corrected chi connectivity index (χ4v) is 3.94. The number of nitrogens with zero attached hydrogens (tertiary/aromatic N) is 3. The number of hydrogen-bond acceptors (Lipinski definition) is 3. The Bertz CT molecular complexity index is 914. The first-order valence-corrected chi connectivity index (χ1v) is 9.11. The number of halogens is 1. The number of benzene rings is 2.